The van der Waals surface area contributed by atoms with E-state index in [0.717, 1.165) is 10.7 Å². The topological polar surface area (TPSA) is 144 Å². The van der Waals surface area contributed by atoms with Crippen LogP contribution in [0.1, 0.15) is 33.5 Å². The van der Waals surface area contributed by atoms with E-state index in [1.165, 1.54) is 13.0 Å². The molecule has 4 rings (SSSR count). The lowest BCUT2D eigenvalue weighted by molar-refractivity contribution is -0.118. The Kier molecular flexibility index (Phi) is 6.41. The third kappa shape index (κ3) is 4.96. The number of amides is 2. The minimum absolute atomic E-state index is 0.00446. The van der Waals surface area contributed by atoms with E-state index in [4.69, 9.17) is 10.5 Å². The van der Waals surface area contributed by atoms with Crippen LogP contribution in [0.15, 0.2) is 30.5 Å². The number of Topliss-reactive ketones (excluding diaryl/α,β-unsaturated/α-hetero) is 1. The number of carbonyl (C=O) groups excluding carboxylic acids is 3. The first-order valence-electron chi connectivity index (χ1n) is 10.5. The summed E-state index contributed by atoms with van der Waals surface area (Å²) in [5.41, 5.74) is 6.59. The van der Waals surface area contributed by atoms with Crippen molar-refractivity contribution in [2.45, 2.75) is 19.5 Å². The maximum absolute atomic E-state index is 14.2. The smallest absolute Gasteiger partial charge is 0.270 e. The van der Waals surface area contributed by atoms with E-state index in [2.05, 4.69) is 20.7 Å². The minimum Gasteiger partial charge on any atom is -0.484 e. The van der Waals surface area contributed by atoms with Gasteiger partial charge in [-0.3, -0.25) is 14.4 Å². The van der Waals surface area contributed by atoms with Crippen molar-refractivity contribution < 1.29 is 23.5 Å². The summed E-state index contributed by atoms with van der Waals surface area (Å²) in [6.07, 6.45) is 0.941. The third-order valence-electron chi connectivity index (χ3n) is 5.25. The molecule has 34 heavy (non-hydrogen) atoms. The number of nitrogens with two attached hydrogens (primary N) is 1. The maximum atomic E-state index is 14.2. The van der Waals surface area contributed by atoms with Gasteiger partial charge in [-0.15, -0.1) is 0 Å². The molecule has 0 radical (unpaired) electrons. The molecule has 1 aliphatic rings. The Balaban J connectivity index is 1.49. The molecule has 11 nitrogen and oxygen atoms in total. The minimum atomic E-state index is -0.749. The van der Waals surface area contributed by atoms with Gasteiger partial charge >= 0.3 is 0 Å². The van der Waals surface area contributed by atoms with Gasteiger partial charge in [-0.05, 0) is 31.7 Å². The van der Waals surface area contributed by atoms with E-state index in [9.17, 15) is 18.8 Å². The summed E-state index contributed by atoms with van der Waals surface area (Å²) in [6, 6.07) is 6.14. The number of nitrogens with zero attached hydrogens (tertiary/aromatic N) is 4. The molecule has 0 bridgehead atoms. The highest BCUT2D eigenvalue weighted by Gasteiger charge is 2.27. The number of likely N-dealkylation sites (N-methyl/N-ethyl adjacent to an activating group) is 1. The molecule has 178 valence electrons. The van der Waals surface area contributed by atoms with E-state index in [0.29, 0.717) is 30.1 Å². The van der Waals surface area contributed by atoms with Crippen LogP contribution in [0.3, 0.4) is 0 Å². The van der Waals surface area contributed by atoms with Gasteiger partial charge in [0.05, 0.1) is 17.9 Å². The van der Waals surface area contributed by atoms with Crippen molar-refractivity contribution in [1.29, 1.82) is 0 Å². The van der Waals surface area contributed by atoms with Crippen LogP contribution in [0.2, 0.25) is 0 Å². The van der Waals surface area contributed by atoms with E-state index < -0.39 is 17.6 Å². The first-order chi connectivity index (χ1) is 16.2. The standard InChI is InChI=1S/C22H24FN7O4/c1-12(31)11-34-19-4-3-13(5-16(19)24)7-25-21(32)17-6-18(22(33)27-14-9-29(2)10-14)30-20(28-17)15(23)8-26-30/h3-6,8,14H,7,9-11,24H2,1-2H3,(H,25,32)(H,27,33). The van der Waals surface area contributed by atoms with Crippen LogP contribution >= 0.6 is 0 Å². The number of hydrogen-bond donors (Lipinski definition) is 3. The molecular weight excluding hydrogens is 445 g/mol. The summed E-state index contributed by atoms with van der Waals surface area (Å²) < 4.78 is 20.6. The van der Waals surface area contributed by atoms with Gasteiger partial charge in [-0.25, -0.2) is 13.9 Å². The monoisotopic (exact) mass is 469 g/mol. The molecule has 0 spiro atoms. The van der Waals surface area contributed by atoms with Gasteiger partial charge in [-0.2, -0.15) is 5.10 Å². The molecule has 1 saturated heterocycles. The molecule has 2 amide bonds. The van der Waals surface area contributed by atoms with Crippen LogP contribution in [0.25, 0.3) is 5.65 Å². The lowest BCUT2D eigenvalue weighted by Crippen LogP contribution is -2.57. The van der Waals surface area contributed by atoms with Crippen molar-refractivity contribution in [2.24, 2.45) is 0 Å². The summed E-state index contributed by atoms with van der Waals surface area (Å²) in [5, 5.41) is 9.40. The number of rotatable bonds is 8. The van der Waals surface area contributed by atoms with Crippen molar-refractivity contribution in [1.82, 2.24) is 30.1 Å². The molecule has 4 N–H and O–H groups in total. The SMILES string of the molecule is CC(=O)COc1ccc(CNC(=O)c2cc(C(=O)NC3CN(C)C3)n3ncc(F)c3n2)cc1N. The Morgan fingerprint density at radius 1 is 1.24 bits per heavy atom. The largest absolute Gasteiger partial charge is 0.484 e. The number of aromatic nitrogens is 3. The molecule has 0 aliphatic carbocycles. The Morgan fingerprint density at radius 2 is 2.00 bits per heavy atom. The molecule has 1 fully saturated rings. The Hall–Kier alpha value is -4.06. The average molecular weight is 469 g/mol. The molecule has 2 aromatic heterocycles. The lowest BCUT2D eigenvalue weighted by Gasteiger charge is -2.36. The number of fused-ring (bicyclic) bond motifs is 1. The normalized spacial score (nSPS) is 14.0. The highest BCUT2D eigenvalue weighted by molar-refractivity contribution is 5.98. The molecule has 0 unspecified atom stereocenters. The first kappa shape index (κ1) is 23.1. The Bertz CT molecular complexity index is 1270. The second-order valence-corrected chi connectivity index (χ2v) is 8.19. The zero-order valence-corrected chi connectivity index (χ0v) is 18.7. The zero-order valence-electron chi connectivity index (χ0n) is 18.7. The van der Waals surface area contributed by atoms with Crippen molar-refractivity contribution in [3.05, 3.63) is 53.2 Å². The second kappa shape index (κ2) is 9.43. The van der Waals surface area contributed by atoms with Crippen LogP contribution in [-0.4, -0.2) is 69.9 Å². The van der Waals surface area contributed by atoms with Gasteiger partial charge in [-0.1, -0.05) is 6.07 Å². The van der Waals surface area contributed by atoms with Gasteiger partial charge in [0.15, 0.2) is 17.2 Å². The highest BCUT2D eigenvalue weighted by Crippen LogP contribution is 2.22. The number of halogens is 1. The molecular formula is C22H24FN7O4. The van der Waals surface area contributed by atoms with Crippen molar-refractivity contribution >= 4 is 28.9 Å². The quantitative estimate of drug-likeness (QED) is 0.402. The predicted molar refractivity (Wildman–Crippen MR) is 120 cm³/mol. The van der Waals surface area contributed by atoms with Crippen LogP contribution in [-0.2, 0) is 11.3 Å². The van der Waals surface area contributed by atoms with E-state index in [1.54, 1.807) is 18.2 Å². The number of likely N-dealkylation sites (tertiary alicyclic amines) is 1. The Morgan fingerprint density at radius 3 is 2.68 bits per heavy atom. The number of ether oxygens (including phenoxy) is 1. The molecule has 1 aliphatic heterocycles. The highest BCUT2D eigenvalue weighted by atomic mass is 19.1. The molecule has 3 heterocycles. The summed E-state index contributed by atoms with van der Waals surface area (Å²) in [7, 11) is 1.93. The number of nitrogens with one attached hydrogen (secondary N) is 2. The fraction of sp³-hybridized carbons (Fsp3) is 0.318. The van der Waals surface area contributed by atoms with Gasteiger partial charge in [0.25, 0.3) is 11.8 Å². The van der Waals surface area contributed by atoms with Crippen LogP contribution in [0.4, 0.5) is 10.1 Å². The number of benzene rings is 1. The van der Waals surface area contributed by atoms with Gasteiger partial charge in [0.1, 0.15) is 23.7 Å². The number of nitrogen functional groups attached to an aromatic ring is 1. The summed E-state index contributed by atoms with van der Waals surface area (Å²) in [5.74, 6) is -1.60. The van der Waals surface area contributed by atoms with Crippen molar-refractivity contribution in [2.75, 3.05) is 32.5 Å². The number of anilines is 1. The number of carbonyl (C=O) groups is 3. The Labute approximate surface area is 194 Å². The van der Waals surface area contributed by atoms with Gasteiger partial charge in [0, 0.05) is 25.7 Å². The summed E-state index contributed by atoms with van der Waals surface area (Å²) in [4.78, 5) is 42.7. The van der Waals surface area contributed by atoms with E-state index in [1.807, 2.05) is 11.9 Å². The van der Waals surface area contributed by atoms with Gasteiger partial charge in [0.2, 0.25) is 0 Å². The molecule has 3 aromatic rings. The van der Waals surface area contributed by atoms with Gasteiger partial charge < -0.3 is 26.0 Å². The number of ketones is 1. The maximum Gasteiger partial charge on any atom is 0.270 e. The van der Waals surface area contributed by atoms with Crippen molar-refractivity contribution in [3.63, 3.8) is 0 Å². The van der Waals surface area contributed by atoms with Crippen LogP contribution < -0.4 is 21.1 Å². The lowest BCUT2D eigenvalue weighted by atomic mass is 10.1. The molecule has 0 saturated carbocycles. The van der Waals surface area contributed by atoms with Crippen LogP contribution in [0, 0.1) is 5.82 Å². The van der Waals surface area contributed by atoms with E-state index >= 15 is 0 Å². The zero-order chi connectivity index (χ0) is 24.4. The third-order valence-corrected chi connectivity index (χ3v) is 5.25. The fourth-order valence-corrected chi connectivity index (χ4v) is 3.56. The summed E-state index contributed by atoms with van der Waals surface area (Å²) >= 11 is 0. The fourth-order valence-electron chi connectivity index (χ4n) is 3.56. The average Bonchev–Trinajstić information content (AvgIpc) is 3.15. The predicted octanol–water partition coefficient (Wildman–Crippen LogP) is 0.392. The second-order valence-electron chi connectivity index (χ2n) is 8.19. The van der Waals surface area contributed by atoms with Crippen molar-refractivity contribution in [3.8, 4) is 5.75 Å². The molecule has 0 atom stereocenters. The van der Waals surface area contributed by atoms with Crippen LogP contribution in [0.5, 0.6) is 5.75 Å². The summed E-state index contributed by atoms with van der Waals surface area (Å²) in [6.45, 7) is 2.81. The molecule has 12 heteroatoms. The van der Waals surface area contributed by atoms with E-state index in [-0.39, 0.29) is 42.0 Å². The first-order valence-corrected chi connectivity index (χ1v) is 10.5. The molecule has 1 aromatic carbocycles. The number of hydrogen-bond acceptors (Lipinski definition) is 8.